The smallest absolute Gasteiger partial charge is 0.207 e. The zero-order valence-corrected chi connectivity index (χ0v) is 19.1. The first kappa shape index (κ1) is 23.3. The lowest BCUT2D eigenvalue weighted by molar-refractivity contribution is -0.104. The summed E-state index contributed by atoms with van der Waals surface area (Å²) in [5, 5.41) is 0. The highest BCUT2D eigenvalue weighted by Crippen LogP contribution is 2.45. The average molecular weight is 415 g/mol. The van der Waals surface area contributed by atoms with Gasteiger partial charge in [-0.15, -0.1) is 0 Å². The first-order valence-corrected chi connectivity index (χ1v) is 12.5. The summed E-state index contributed by atoms with van der Waals surface area (Å²) in [6, 6.07) is 8.75. The number of halogens is 2. The van der Waals surface area contributed by atoms with Gasteiger partial charge in [-0.25, -0.2) is 8.78 Å². The second kappa shape index (κ2) is 11.3. The normalized spacial score (nSPS) is 28.5. The Labute approximate surface area is 183 Å². The molecule has 30 heavy (non-hydrogen) atoms. The van der Waals surface area contributed by atoms with Crippen LogP contribution in [0.5, 0.6) is 0 Å². The van der Waals surface area contributed by atoms with Crippen LogP contribution in [0, 0.1) is 35.5 Å². The van der Waals surface area contributed by atoms with Gasteiger partial charge in [0.2, 0.25) is 0 Å². The van der Waals surface area contributed by atoms with Crippen molar-refractivity contribution in [2.75, 3.05) is 0 Å². The van der Waals surface area contributed by atoms with E-state index in [1.807, 2.05) is 6.92 Å². The van der Waals surface area contributed by atoms with Crippen LogP contribution in [0.3, 0.4) is 0 Å². The second-order valence-electron chi connectivity index (χ2n) is 9.88. The summed E-state index contributed by atoms with van der Waals surface area (Å²) in [7, 11) is 0. The molecule has 1 aromatic rings. The molecule has 0 bridgehead atoms. The molecule has 0 radical (unpaired) electrons. The minimum Gasteiger partial charge on any atom is -0.207 e. The molecule has 2 aliphatic carbocycles. The standard InChI is InChI=1S/C28H40F2/c1-3-5-6-22-7-9-23(10-8-22)11-12-24-13-15-25(16-14-24)17-18-26-19-20-27(4-2)28(29,30)21-26/h7-10,24-27H,3-6,13-21H2,1-2H3. The molecular formula is C28H40F2. The maximum atomic E-state index is 14.2. The number of benzene rings is 1. The number of aryl methyl sites for hydroxylation is 1. The molecule has 0 saturated heterocycles. The molecule has 2 heteroatoms. The molecule has 166 valence electrons. The van der Waals surface area contributed by atoms with E-state index in [1.54, 1.807) is 0 Å². The molecule has 2 unspecified atom stereocenters. The van der Waals surface area contributed by atoms with Gasteiger partial charge in [-0.1, -0.05) is 50.7 Å². The minimum absolute atomic E-state index is 0.129. The van der Waals surface area contributed by atoms with E-state index in [4.69, 9.17) is 0 Å². The van der Waals surface area contributed by atoms with Gasteiger partial charge >= 0.3 is 0 Å². The molecule has 2 fully saturated rings. The van der Waals surface area contributed by atoms with Crippen LogP contribution >= 0.6 is 0 Å². The number of rotatable bonds is 7. The van der Waals surface area contributed by atoms with Gasteiger partial charge in [0, 0.05) is 23.8 Å². The number of unbranched alkanes of at least 4 members (excludes halogenated alkanes) is 1. The Morgan fingerprint density at radius 1 is 0.900 bits per heavy atom. The molecule has 0 N–H and O–H groups in total. The Kier molecular flexibility index (Phi) is 8.79. The first-order chi connectivity index (χ1) is 14.5. The van der Waals surface area contributed by atoms with Crippen molar-refractivity contribution in [1.82, 2.24) is 0 Å². The Morgan fingerprint density at radius 2 is 1.57 bits per heavy atom. The maximum absolute atomic E-state index is 14.2. The van der Waals surface area contributed by atoms with Crippen LogP contribution in [0.2, 0.25) is 0 Å². The third-order valence-corrected chi connectivity index (χ3v) is 7.60. The van der Waals surface area contributed by atoms with E-state index in [0.29, 0.717) is 12.3 Å². The largest absolute Gasteiger partial charge is 0.251 e. The molecular weight excluding hydrogens is 374 g/mol. The van der Waals surface area contributed by atoms with Gasteiger partial charge in [-0.05, 0) is 93.7 Å². The summed E-state index contributed by atoms with van der Waals surface area (Å²) >= 11 is 0. The summed E-state index contributed by atoms with van der Waals surface area (Å²) in [4.78, 5) is 0. The summed E-state index contributed by atoms with van der Waals surface area (Å²) in [5.41, 5.74) is 2.53. The topological polar surface area (TPSA) is 0 Å². The lowest BCUT2D eigenvalue weighted by Crippen LogP contribution is -2.35. The van der Waals surface area contributed by atoms with Crippen molar-refractivity contribution in [3.05, 3.63) is 35.4 Å². The highest BCUT2D eigenvalue weighted by molar-refractivity contribution is 5.36. The van der Waals surface area contributed by atoms with Crippen molar-refractivity contribution in [3.8, 4) is 11.8 Å². The van der Waals surface area contributed by atoms with Gasteiger partial charge < -0.3 is 0 Å². The average Bonchev–Trinajstić information content (AvgIpc) is 2.75. The molecule has 0 aromatic heterocycles. The molecule has 0 nitrogen and oxygen atoms in total. The van der Waals surface area contributed by atoms with Crippen molar-refractivity contribution >= 4 is 0 Å². The summed E-state index contributed by atoms with van der Waals surface area (Å²) in [5.74, 6) is 5.53. The van der Waals surface area contributed by atoms with Gasteiger partial charge in [-0.2, -0.15) is 0 Å². The number of hydrogen-bond donors (Lipinski definition) is 0. The van der Waals surface area contributed by atoms with Crippen LogP contribution < -0.4 is 0 Å². The fourth-order valence-corrected chi connectivity index (χ4v) is 5.44. The van der Waals surface area contributed by atoms with E-state index >= 15 is 0 Å². The van der Waals surface area contributed by atoms with Crippen molar-refractivity contribution < 1.29 is 8.78 Å². The van der Waals surface area contributed by atoms with E-state index in [1.165, 1.54) is 44.1 Å². The van der Waals surface area contributed by atoms with Gasteiger partial charge in [0.1, 0.15) is 0 Å². The molecule has 2 atom stereocenters. The number of hydrogen-bond acceptors (Lipinski definition) is 0. The molecule has 3 rings (SSSR count). The molecule has 2 aliphatic rings. The molecule has 0 spiro atoms. The maximum Gasteiger partial charge on any atom is 0.251 e. The van der Waals surface area contributed by atoms with Crippen LogP contribution in [0.15, 0.2) is 24.3 Å². The van der Waals surface area contributed by atoms with Crippen LogP contribution in [-0.2, 0) is 6.42 Å². The van der Waals surface area contributed by atoms with Crippen molar-refractivity contribution in [2.45, 2.75) is 103 Å². The molecule has 0 amide bonds. The van der Waals surface area contributed by atoms with Crippen molar-refractivity contribution in [2.24, 2.45) is 23.7 Å². The first-order valence-electron chi connectivity index (χ1n) is 12.5. The van der Waals surface area contributed by atoms with Crippen molar-refractivity contribution in [3.63, 3.8) is 0 Å². The monoisotopic (exact) mass is 414 g/mol. The third kappa shape index (κ3) is 6.83. The van der Waals surface area contributed by atoms with E-state index in [2.05, 4.69) is 43.0 Å². The van der Waals surface area contributed by atoms with E-state index in [-0.39, 0.29) is 18.3 Å². The zero-order chi connectivity index (χ0) is 21.4. The predicted molar refractivity (Wildman–Crippen MR) is 123 cm³/mol. The fraction of sp³-hybridized carbons (Fsp3) is 0.714. The van der Waals surface area contributed by atoms with Crippen LogP contribution in [0.4, 0.5) is 8.78 Å². The SMILES string of the molecule is CCCCc1ccc(C#CC2CCC(CCC3CCC(CC)C(F)(F)C3)CC2)cc1. The summed E-state index contributed by atoms with van der Waals surface area (Å²) in [6.45, 7) is 4.13. The lowest BCUT2D eigenvalue weighted by atomic mass is 9.74. The Morgan fingerprint density at radius 3 is 2.20 bits per heavy atom. The zero-order valence-electron chi connectivity index (χ0n) is 19.1. The van der Waals surface area contributed by atoms with Crippen LogP contribution in [-0.4, -0.2) is 5.92 Å². The molecule has 0 heterocycles. The quantitative estimate of drug-likeness (QED) is 0.393. The van der Waals surface area contributed by atoms with Crippen LogP contribution in [0.1, 0.15) is 102 Å². The third-order valence-electron chi connectivity index (χ3n) is 7.60. The molecule has 2 saturated carbocycles. The second-order valence-corrected chi connectivity index (χ2v) is 9.88. The van der Waals surface area contributed by atoms with E-state index in [9.17, 15) is 8.78 Å². The summed E-state index contributed by atoms with van der Waals surface area (Å²) < 4.78 is 28.4. The van der Waals surface area contributed by atoms with Gasteiger partial charge in [-0.3, -0.25) is 0 Å². The Balaban J connectivity index is 1.38. The van der Waals surface area contributed by atoms with E-state index in [0.717, 1.165) is 43.6 Å². The predicted octanol–water partition coefficient (Wildman–Crippen LogP) is 8.43. The molecule has 0 aliphatic heterocycles. The Hall–Kier alpha value is -1.36. The number of alkyl halides is 2. The highest BCUT2D eigenvalue weighted by atomic mass is 19.3. The van der Waals surface area contributed by atoms with Gasteiger partial charge in [0.05, 0.1) is 0 Å². The molecule has 1 aromatic carbocycles. The minimum atomic E-state index is -2.43. The van der Waals surface area contributed by atoms with E-state index < -0.39 is 5.92 Å². The lowest BCUT2D eigenvalue weighted by Gasteiger charge is -2.36. The van der Waals surface area contributed by atoms with Crippen LogP contribution in [0.25, 0.3) is 0 Å². The summed E-state index contributed by atoms with van der Waals surface area (Å²) in [6.07, 6.45) is 13.0. The van der Waals surface area contributed by atoms with Gasteiger partial charge in [0.15, 0.2) is 0 Å². The fourth-order valence-electron chi connectivity index (χ4n) is 5.44. The Bertz CT molecular complexity index is 686. The van der Waals surface area contributed by atoms with Crippen molar-refractivity contribution in [1.29, 1.82) is 0 Å². The highest BCUT2D eigenvalue weighted by Gasteiger charge is 2.43. The van der Waals surface area contributed by atoms with Gasteiger partial charge in [0.25, 0.3) is 5.92 Å².